The highest BCUT2D eigenvalue weighted by Gasteiger charge is 2.03. The normalized spacial score (nSPS) is 12.1. The summed E-state index contributed by atoms with van der Waals surface area (Å²) in [7, 11) is 1.73. The van der Waals surface area contributed by atoms with Gasteiger partial charge in [-0.2, -0.15) is 0 Å². The van der Waals surface area contributed by atoms with Crippen LogP contribution >= 0.6 is 0 Å². The third-order valence-corrected chi connectivity index (χ3v) is 3.29. The van der Waals surface area contributed by atoms with Crippen LogP contribution < -0.4 is 10.1 Å². The summed E-state index contributed by atoms with van der Waals surface area (Å²) in [6.45, 7) is 3.78. The molecular formula is C18H23NO2. The number of para-hydroxylation sites is 1. The molecule has 0 radical (unpaired) electrons. The van der Waals surface area contributed by atoms with Crippen LogP contribution in [0.15, 0.2) is 54.6 Å². The van der Waals surface area contributed by atoms with Crippen LogP contribution in [0, 0.1) is 0 Å². The lowest BCUT2D eigenvalue weighted by molar-refractivity contribution is 0.184. The number of nitrogens with one attached hydrogen (secondary N) is 1. The third-order valence-electron chi connectivity index (χ3n) is 3.29. The van der Waals surface area contributed by atoms with E-state index in [0.29, 0.717) is 6.04 Å². The highest BCUT2D eigenvalue weighted by atomic mass is 16.5. The van der Waals surface area contributed by atoms with Gasteiger partial charge in [-0.05, 0) is 43.2 Å². The number of hydrogen-bond donors (Lipinski definition) is 1. The molecule has 0 aliphatic heterocycles. The first-order valence-corrected chi connectivity index (χ1v) is 7.32. The van der Waals surface area contributed by atoms with Gasteiger partial charge in [0, 0.05) is 26.3 Å². The first-order valence-electron chi connectivity index (χ1n) is 7.32. The summed E-state index contributed by atoms with van der Waals surface area (Å²) in [5, 5.41) is 3.49. The molecule has 0 fully saturated rings. The Balaban J connectivity index is 1.89. The van der Waals surface area contributed by atoms with Gasteiger partial charge in [0.2, 0.25) is 0 Å². The van der Waals surface area contributed by atoms with Gasteiger partial charge >= 0.3 is 0 Å². The number of ether oxygens (including phenoxy) is 2. The topological polar surface area (TPSA) is 30.5 Å². The van der Waals surface area contributed by atoms with E-state index in [0.717, 1.165) is 31.1 Å². The summed E-state index contributed by atoms with van der Waals surface area (Å²) in [4.78, 5) is 0. The van der Waals surface area contributed by atoms with E-state index in [2.05, 4.69) is 24.4 Å². The average Bonchev–Trinajstić information content (AvgIpc) is 2.52. The van der Waals surface area contributed by atoms with Crippen LogP contribution in [0.5, 0.6) is 11.5 Å². The van der Waals surface area contributed by atoms with Crippen LogP contribution in [0.4, 0.5) is 0 Å². The molecule has 3 heteroatoms. The van der Waals surface area contributed by atoms with Gasteiger partial charge in [-0.25, -0.2) is 0 Å². The molecule has 0 spiro atoms. The summed E-state index contributed by atoms with van der Waals surface area (Å²) in [5.74, 6) is 1.72. The Kier molecular flexibility index (Phi) is 6.25. The van der Waals surface area contributed by atoms with Crippen molar-refractivity contribution in [2.45, 2.75) is 25.9 Å². The lowest BCUT2D eigenvalue weighted by atomic mass is 10.2. The molecule has 3 nitrogen and oxygen atoms in total. The smallest absolute Gasteiger partial charge is 0.127 e. The van der Waals surface area contributed by atoms with E-state index in [-0.39, 0.29) is 0 Å². The van der Waals surface area contributed by atoms with Crippen molar-refractivity contribution in [3.8, 4) is 11.5 Å². The standard InChI is InChI=1S/C18H23NO2/c1-15(11-12-20-2)19-14-16-7-6-10-18(13-16)21-17-8-4-3-5-9-17/h3-10,13,15,19H,11-12,14H2,1-2H3. The van der Waals surface area contributed by atoms with E-state index in [1.807, 2.05) is 42.5 Å². The molecule has 0 saturated carbocycles. The monoisotopic (exact) mass is 285 g/mol. The molecular weight excluding hydrogens is 262 g/mol. The zero-order chi connectivity index (χ0) is 14.9. The molecule has 0 heterocycles. The Bertz CT molecular complexity index is 528. The number of hydrogen-bond acceptors (Lipinski definition) is 3. The van der Waals surface area contributed by atoms with Crippen LogP contribution in [0.3, 0.4) is 0 Å². The molecule has 0 aliphatic carbocycles. The highest BCUT2D eigenvalue weighted by Crippen LogP contribution is 2.21. The van der Waals surface area contributed by atoms with Crippen LogP contribution in [0.2, 0.25) is 0 Å². The van der Waals surface area contributed by atoms with Gasteiger partial charge in [0.1, 0.15) is 11.5 Å². The highest BCUT2D eigenvalue weighted by molar-refractivity contribution is 5.33. The Labute approximate surface area is 126 Å². The summed E-state index contributed by atoms with van der Waals surface area (Å²) in [5.41, 5.74) is 1.22. The van der Waals surface area contributed by atoms with Gasteiger partial charge in [-0.15, -0.1) is 0 Å². The molecule has 0 amide bonds. The summed E-state index contributed by atoms with van der Waals surface area (Å²) >= 11 is 0. The fourth-order valence-electron chi connectivity index (χ4n) is 2.03. The fourth-order valence-corrected chi connectivity index (χ4v) is 2.03. The van der Waals surface area contributed by atoms with Crippen molar-refractivity contribution < 1.29 is 9.47 Å². The van der Waals surface area contributed by atoms with E-state index in [1.165, 1.54) is 5.56 Å². The molecule has 1 atom stereocenters. The Morgan fingerprint density at radius 2 is 1.76 bits per heavy atom. The largest absolute Gasteiger partial charge is 0.457 e. The number of benzene rings is 2. The average molecular weight is 285 g/mol. The van der Waals surface area contributed by atoms with E-state index in [4.69, 9.17) is 9.47 Å². The zero-order valence-corrected chi connectivity index (χ0v) is 12.7. The molecule has 1 N–H and O–H groups in total. The SMILES string of the molecule is COCCC(C)NCc1cccc(Oc2ccccc2)c1. The maximum absolute atomic E-state index is 5.84. The van der Waals surface area contributed by atoms with Crippen molar-refractivity contribution in [3.05, 3.63) is 60.2 Å². The van der Waals surface area contributed by atoms with Gasteiger partial charge in [-0.3, -0.25) is 0 Å². The maximum atomic E-state index is 5.84. The first kappa shape index (κ1) is 15.5. The number of methoxy groups -OCH3 is 1. The molecule has 2 rings (SSSR count). The molecule has 21 heavy (non-hydrogen) atoms. The third kappa shape index (κ3) is 5.58. The predicted octanol–water partition coefficient (Wildman–Crippen LogP) is 3.99. The van der Waals surface area contributed by atoms with Crippen LogP contribution in [0.25, 0.3) is 0 Å². The Hall–Kier alpha value is -1.84. The van der Waals surface area contributed by atoms with Gasteiger partial charge in [0.25, 0.3) is 0 Å². The molecule has 0 saturated heterocycles. The van der Waals surface area contributed by atoms with E-state index in [1.54, 1.807) is 7.11 Å². The predicted molar refractivity (Wildman–Crippen MR) is 85.8 cm³/mol. The van der Waals surface area contributed by atoms with E-state index in [9.17, 15) is 0 Å². The van der Waals surface area contributed by atoms with Crippen LogP contribution in [0.1, 0.15) is 18.9 Å². The first-order chi connectivity index (χ1) is 10.3. The molecule has 0 aromatic heterocycles. The molecule has 2 aromatic rings. The minimum atomic E-state index is 0.434. The molecule has 1 unspecified atom stereocenters. The second-order valence-corrected chi connectivity index (χ2v) is 5.13. The van der Waals surface area contributed by atoms with E-state index < -0.39 is 0 Å². The summed E-state index contributed by atoms with van der Waals surface area (Å²) < 4.78 is 10.9. The summed E-state index contributed by atoms with van der Waals surface area (Å²) in [6, 6.07) is 18.4. The van der Waals surface area contributed by atoms with Gasteiger partial charge in [-0.1, -0.05) is 30.3 Å². The summed E-state index contributed by atoms with van der Waals surface area (Å²) in [6.07, 6.45) is 1.01. The van der Waals surface area contributed by atoms with Crippen molar-refractivity contribution in [2.24, 2.45) is 0 Å². The molecule has 0 bridgehead atoms. The maximum Gasteiger partial charge on any atom is 0.127 e. The molecule has 112 valence electrons. The second kappa shape index (κ2) is 8.45. The minimum Gasteiger partial charge on any atom is -0.457 e. The van der Waals surface area contributed by atoms with Crippen LogP contribution in [-0.4, -0.2) is 19.8 Å². The Morgan fingerprint density at radius 1 is 1.00 bits per heavy atom. The lowest BCUT2D eigenvalue weighted by Gasteiger charge is -2.14. The van der Waals surface area contributed by atoms with Gasteiger partial charge < -0.3 is 14.8 Å². The van der Waals surface area contributed by atoms with Crippen molar-refractivity contribution in [1.82, 2.24) is 5.32 Å². The van der Waals surface area contributed by atoms with Gasteiger partial charge in [0.15, 0.2) is 0 Å². The van der Waals surface area contributed by atoms with Crippen molar-refractivity contribution in [1.29, 1.82) is 0 Å². The van der Waals surface area contributed by atoms with Crippen LogP contribution in [-0.2, 0) is 11.3 Å². The van der Waals surface area contributed by atoms with Crippen molar-refractivity contribution in [3.63, 3.8) is 0 Å². The van der Waals surface area contributed by atoms with E-state index >= 15 is 0 Å². The number of rotatable bonds is 8. The fraction of sp³-hybridized carbons (Fsp3) is 0.333. The molecule has 0 aliphatic rings. The quantitative estimate of drug-likeness (QED) is 0.795. The lowest BCUT2D eigenvalue weighted by Crippen LogP contribution is -2.26. The second-order valence-electron chi connectivity index (χ2n) is 5.13. The minimum absolute atomic E-state index is 0.434. The van der Waals surface area contributed by atoms with Crippen molar-refractivity contribution >= 4 is 0 Å². The Morgan fingerprint density at radius 3 is 2.52 bits per heavy atom. The zero-order valence-electron chi connectivity index (χ0n) is 12.7. The van der Waals surface area contributed by atoms with Gasteiger partial charge in [0.05, 0.1) is 0 Å². The molecule has 2 aromatic carbocycles. The van der Waals surface area contributed by atoms with Crippen molar-refractivity contribution in [2.75, 3.05) is 13.7 Å².